The van der Waals surface area contributed by atoms with Crippen LogP contribution in [0.3, 0.4) is 0 Å². The highest BCUT2D eigenvalue weighted by atomic mass is 19.1. The number of alkyl halides is 1. The molecule has 0 bridgehead atoms. The molecule has 14 heavy (non-hydrogen) atoms. The third-order valence-corrected chi connectivity index (χ3v) is 2.19. The van der Waals surface area contributed by atoms with Gasteiger partial charge in [-0.05, 0) is 19.4 Å². The highest BCUT2D eigenvalue weighted by Gasteiger charge is 2.04. The number of nitrogens with zero attached hydrogens (tertiary/aromatic N) is 2. The summed E-state index contributed by atoms with van der Waals surface area (Å²) in [6.07, 6.45) is 2.89. The first kappa shape index (κ1) is 11.2. The largest absolute Gasteiger partial charge is 0.372 e. The van der Waals surface area contributed by atoms with Gasteiger partial charge in [0.25, 0.3) is 0 Å². The molecule has 1 aromatic heterocycles. The van der Waals surface area contributed by atoms with E-state index in [1.165, 1.54) is 0 Å². The van der Waals surface area contributed by atoms with E-state index in [1.54, 1.807) is 10.9 Å². The third-order valence-electron chi connectivity index (χ3n) is 2.19. The van der Waals surface area contributed by atoms with Crippen LogP contribution in [0.4, 0.5) is 4.39 Å². The summed E-state index contributed by atoms with van der Waals surface area (Å²) >= 11 is 0. The van der Waals surface area contributed by atoms with Crippen LogP contribution >= 0.6 is 0 Å². The molecule has 0 radical (unpaired) electrons. The highest BCUT2D eigenvalue weighted by Crippen LogP contribution is 2.05. The Hall–Kier alpha value is -0.900. The zero-order chi connectivity index (χ0) is 10.4. The van der Waals surface area contributed by atoms with Crippen LogP contribution in [0.5, 0.6) is 0 Å². The lowest BCUT2D eigenvalue weighted by Crippen LogP contribution is -2.11. The molecule has 0 unspecified atom stereocenters. The fourth-order valence-electron chi connectivity index (χ4n) is 1.11. The molecule has 0 saturated carbocycles. The maximum Gasteiger partial charge on any atom is 0.109 e. The topological polar surface area (TPSA) is 27.1 Å². The summed E-state index contributed by atoms with van der Waals surface area (Å²) in [5.41, 5.74) is 0.933. The molecule has 0 aliphatic rings. The van der Waals surface area contributed by atoms with Crippen molar-refractivity contribution in [1.29, 1.82) is 0 Å². The minimum atomic E-state index is -0.391. The van der Waals surface area contributed by atoms with Crippen molar-refractivity contribution in [3.05, 3.63) is 18.0 Å². The highest BCUT2D eigenvalue weighted by molar-refractivity contribution is 4.98. The Bertz CT molecular complexity index is 262. The van der Waals surface area contributed by atoms with Gasteiger partial charge in [-0.2, -0.15) is 5.10 Å². The molecule has 0 N–H and O–H groups in total. The van der Waals surface area contributed by atoms with Gasteiger partial charge in [-0.25, -0.2) is 4.39 Å². The molecule has 80 valence electrons. The molecule has 0 amide bonds. The van der Waals surface area contributed by atoms with Gasteiger partial charge in [-0.3, -0.25) is 4.68 Å². The summed E-state index contributed by atoms with van der Waals surface area (Å²) < 4.78 is 19.3. The second-order valence-corrected chi connectivity index (χ2v) is 3.26. The van der Waals surface area contributed by atoms with E-state index < -0.39 is 6.67 Å². The zero-order valence-electron chi connectivity index (χ0n) is 8.74. The van der Waals surface area contributed by atoms with Gasteiger partial charge in [0.15, 0.2) is 0 Å². The predicted octanol–water partition coefficient (Wildman–Crippen LogP) is 2.17. The summed E-state index contributed by atoms with van der Waals surface area (Å²) in [4.78, 5) is 0. The quantitative estimate of drug-likeness (QED) is 0.703. The Morgan fingerprint density at radius 1 is 1.64 bits per heavy atom. The summed E-state index contributed by atoms with van der Waals surface area (Å²) in [6, 6.07) is 1.86. The van der Waals surface area contributed by atoms with E-state index >= 15 is 0 Å². The molecular formula is C10H17FN2O. The standard InChI is InChI=1S/C10H17FN2O/c1-3-9(2)14-8-10-4-6-12-13(10)7-5-11/h4,6,9H,3,5,7-8H2,1-2H3/t9-/m0/s1. The first-order chi connectivity index (χ1) is 6.77. The molecule has 0 fully saturated rings. The predicted molar refractivity (Wildman–Crippen MR) is 52.7 cm³/mol. The molecule has 1 aromatic rings. The van der Waals surface area contributed by atoms with Crippen LogP contribution < -0.4 is 0 Å². The van der Waals surface area contributed by atoms with Gasteiger partial charge >= 0.3 is 0 Å². The molecule has 0 aromatic carbocycles. The van der Waals surface area contributed by atoms with Crippen molar-refractivity contribution in [3.63, 3.8) is 0 Å². The summed E-state index contributed by atoms with van der Waals surface area (Å²) in [5, 5.41) is 4.01. The number of hydrogen-bond acceptors (Lipinski definition) is 2. The van der Waals surface area contributed by atoms with Gasteiger partial charge < -0.3 is 4.74 Å². The Balaban J connectivity index is 2.45. The summed E-state index contributed by atoms with van der Waals surface area (Å²) in [6.45, 7) is 4.53. The normalized spacial score (nSPS) is 13.1. The average Bonchev–Trinajstić information content (AvgIpc) is 2.62. The van der Waals surface area contributed by atoms with Crippen molar-refractivity contribution < 1.29 is 9.13 Å². The Morgan fingerprint density at radius 2 is 2.43 bits per heavy atom. The molecule has 0 aliphatic heterocycles. The molecule has 1 atom stereocenters. The molecule has 0 aliphatic carbocycles. The van der Waals surface area contributed by atoms with Gasteiger partial charge in [0.1, 0.15) is 6.67 Å². The number of ether oxygens (including phenoxy) is 1. The molecule has 4 heteroatoms. The lowest BCUT2D eigenvalue weighted by molar-refractivity contribution is 0.0465. The van der Waals surface area contributed by atoms with Gasteiger partial charge in [-0.15, -0.1) is 0 Å². The lowest BCUT2D eigenvalue weighted by Gasteiger charge is -2.11. The van der Waals surface area contributed by atoms with E-state index in [9.17, 15) is 4.39 Å². The van der Waals surface area contributed by atoms with E-state index in [0.29, 0.717) is 13.2 Å². The summed E-state index contributed by atoms with van der Waals surface area (Å²) in [5.74, 6) is 0. The number of aryl methyl sites for hydroxylation is 1. The first-order valence-corrected chi connectivity index (χ1v) is 4.96. The second kappa shape index (κ2) is 5.75. The maximum absolute atomic E-state index is 12.1. The van der Waals surface area contributed by atoms with Gasteiger partial charge in [0.05, 0.1) is 24.9 Å². The number of aromatic nitrogens is 2. The Morgan fingerprint density at radius 3 is 3.07 bits per heavy atom. The van der Waals surface area contributed by atoms with Crippen molar-refractivity contribution in [1.82, 2.24) is 9.78 Å². The molecule has 0 spiro atoms. The number of rotatable bonds is 6. The van der Waals surface area contributed by atoms with E-state index in [2.05, 4.69) is 12.0 Å². The molecule has 0 saturated heterocycles. The van der Waals surface area contributed by atoms with Crippen LogP contribution in [0.15, 0.2) is 12.3 Å². The molecular weight excluding hydrogens is 183 g/mol. The minimum Gasteiger partial charge on any atom is -0.372 e. The smallest absolute Gasteiger partial charge is 0.109 e. The third kappa shape index (κ3) is 3.10. The summed E-state index contributed by atoms with van der Waals surface area (Å²) in [7, 11) is 0. The van der Waals surface area contributed by atoms with E-state index in [4.69, 9.17) is 4.74 Å². The van der Waals surface area contributed by atoms with Crippen molar-refractivity contribution in [2.45, 2.75) is 39.5 Å². The average molecular weight is 200 g/mol. The molecule has 1 heterocycles. The van der Waals surface area contributed by atoms with Gasteiger partial charge in [0.2, 0.25) is 0 Å². The SMILES string of the molecule is CC[C@H](C)OCc1ccnn1CCF. The Labute approximate surface area is 83.9 Å². The van der Waals surface area contributed by atoms with Crippen LogP contribution in [0.1, 0.15) is 26.0 Å². The fraction of sp³-hybridized carbons (Fsp3) is 0.700. The van der Waals surface area contributed by atoms with Crippen molar-refractivity contribution in [2.75, 3.05) is 6.67 Å². The fourth-order valence-corrected chi connectivity index (χ4v) is 1.11. The first-order valence-electron chi connectivity index (χ1n) is 4.96. The van der Waals surface area contributed by atoms with Crippen LogP contribution in [0, 0.1) is 0 Å². The van der Waals surface area contributed by atoms with Gasteiger partial charge in [0, 0.05) is 6.20 Å². The van der Waals surface area contributed by atoms with Gasteiger partial charge in [-0.1, -0.05) is 6.92 Å². The molecule has 1 rings (SSSR count). The maximum atomic E-state index is 12.1. The van der Waals surface area contributed by atoms with Crippen molar-refractivity contribution in [2.24, 2.45) is 0 Å². The number of halogens is 1. The van der Waals surface area contributed by atoms with Crippen LogP contribution in [-0.2, 0) is 17.9 Å². The van der Waals surface area contributed by atoms with Crippen LogP contribution in [-0.4, -0.2) is 22.6 Å². The monoisotopic (exact) mass is 200 g/mol. The second-order valence-electron chi connectivity index (χ2n) is 3.26. The van der Waals surface area contributed by atoms with E-state index in [1.807, 2.05) is 13.0 Å². The lowest BCUT2D eigenvalue weighted by atomic mass is 10.3. The van der Waals surface area contributed by atoms with Crippen LogP contribution in [0.25, 0.3) is 0 Å². The number of hydrogen-bond donors (Lipinski definition) is 0. The van der Waals surface area contributed by atoms with E-state index in [-0.39, 0.29) is 6.10 Å². The molecule has 3 nitrogen and oxygen atoms in total. The zero-order valence-corrected chi connectivity index (χ0v) is 8.74. The van der Waals surface area contributed by atoms with Crippen molar-refractivity contribution in [3.8, 4) is 0 Å². The minimum absolute atomic E-state index is 0.240. The Kier molecular flexibility index (Phi) is 4.59. The van der Waals surface area contributed by atoms with Crippen molar-refractivity contribution >= 4 is 0 Å². The van der Waals surface area contributed by atoms with Crippen LogP contribution in [0.2, 0.25) is 0 Å². The van der Waals surface area contributed by atoms with E-state index in [0.717, 1.165) is 12.1 Å².